The zero-order chi connectivity index (χ0) is 13.1. The predicted octanol–water partition coefficient (Wildman–Crippen LogP) is 2.54. The van der Waals surface area contributed by atoms with Crippen LogP contribution < -0.4 is 5.32 Å². The van der Waals surface area contributed by atoms with Crippen LogP contribution in [0, 0.1) is 11.8 Å². The third kappa shape index (κ3) is 3.78. The molecule has 0 aliphatic heterocycles. The molecule has 2 rings (SSSR count). The second-order valence-corrected chi connectivity index (χ2v) is 6.44. The summed E-state index contributed by atoms with van der Waals surface area (Å²) >= 11 is 1.31. The second-order valence-electron chi connectivity index (χ2n) is 5.36. The number of carbonyl (C=O) groups is 1. The highest BCUT2D eigenvalue weighted by atomic mass is 32.1. The van der Waals surface area contributed by atoms with Gasteiger partial charge in [-0.2, -0.15) is 0 Å². The van der Waals surface area contributed by atoms with Gasteiger partial charge in [-0.25, -0.2) is 9.78 Å². The minimum Gasteiger partial charge on any atom is -0.477 e. The van der Waals surface area contributed by atoms with E-state index in [1.54, 1.807) is 0 Å². The maximum atomic E-state index is 11.2. The van der Waals surface area contributed by atoms with Crippen molar-refractivity contribution >= 4 is 17.3 Å². The van der Waals surface area contributed by atoms with E-state index in [0.29, 0.717) is 17.3 Å². The van der Waals surface area contributed by atoms with E-state index in [1.165, 1.54) is 24.2 Å². The fourth-order valence-electron chi connectivity index (χ4n) is 1.87. The molecule has 5 heteroatoms. The maximum Gasteiger partial charge on any atom is 0.347 e. The highest BCUT2D eigenvalue weighted by molar-refractivity contribution is 7.13. The van der Waals surface area contributed by atoms with Crippen LogP contribution >= 0.6 is 11.3 Å². The fraction of sp³-hybridized carbons (Fsp3) is 0.692. The molecule has 0 amide bonds. The maximum absolute atomic E-state index is 11.2. The zero-order valence-electron chi connectivity index (χ0n) is 10.9. The van der Waals surface area contributed by atoms with Gasteiger partial charge >= 0.3 is 5.97 Å². The summed E-state index contributed by atoms with van der Waals surface area (Å²) < 4.78 is 0. The molecule has 1 aromatic heterocycles. The molecule has 0 unspecified atom stereocenters. The van der Waals surface area contributed by atoms with Crippen LogP contribution in [0.15, 0.2) is 0 Å². The number of nitrogens with zero attached hydrogens (tertiary/aromatic N) is 1. The predicted molar refractivity (Wildman–Crippen MR) is 72.0 cm³/mol. The quantitative estimate of drug-likeness (QED) is 0.797. The molecule has 1 aromatic rings. The lowest BCUT2D eigenvalue weighted by molar-refractivity contribution is 0.0700. The van der Waals surface area contributed by atoms with E-state index in [9.17, 15) is 4.79 Å². The Morgan fingerprint density at radius 1 is 1.56 bits per heavy atom. The van der Waals surface area contributed by atoms with E-state index < -0.39 is 5.97 Å². The molecule has 0 radical (unpaired) electrons. The average molecular weight is 268 g/mol. The molecule has 1 fully saturated rings. The first-order valence-electron chi connectivity index (χ1n) is 6.49. The summed E-state index contributed by atoms with van der Waals surface area (Å²) in [5.41, 5.74) is 0.741. The van der Waals surface area contributed by atoms with Crippen molar-refractivity contribution in [2.75, 3.05) is 6.54 Å². The first-order chi connectivity index (χ1) is 8.56. The standard InChI is InChI=1S/C13H20N2O2S/c1-8(2)5-10-12(13(16)17)18-11(15-10)7-14-6-9-3-4-9/h8-9,14H,3-7H2,1-2H3,(H,16,17). The SMILES string of the molecule is CC(C)Cc1nc(CNCC2CC2)sc1C(=O)O. The monoisotopic (exact) mass is 268 g/mol. The van der Waals surface area contributed by atoms with Gasteiger partial charge in [0.15, 0.2) is 0 Å². The number of thiazole rings is 1. The summed E-state index contributed by atoms with van der Waals surface area (Å²) in [4.78, 5) is 16.0. The lowest BCUT2D eigenvalue weighted by Crippen LogP contribution is -2.15. The van der Waals surface area contributed by atoms with Gasteiger partial charge < -0.3 is 10.4 Å². The molecule has 2 N–H and O–H groups in total. The summed E-state index contributed by atoms with van der Waals surface area (Å²) in [7, 11) is 0. The molecule has 0 saturated heterocycles. The van der Waals surface area contributed by atoms with Crippen LogP contribution in [0.3, 0.4) is 0 Å². The number of hydrogen-bond donors (Lipinski definition) is 2. The number of nitrogens with one attached hydrogen (secondary N) is 1. The summed E-state index contributed by atoms with van der Waals surface area (Å²) in [5.74, 6) is 0.410. The zero-order valence-corrected chi connectivity index (χ0v) is 11.7. The largest absolute Gasteiger partial charge is 0.477 e. The summed E-state index contributed by atoms with van der Waals surface area (Å²) in [5, 5.41) is 13.4. The molecule has 0 bridgehead atoms. The van der Waals surface area contributed by atoms with E-state index in [4.69, 9.17) is 5.11 Å². The van der Waals surface area contributed by atoms with Crippen molar-refractivity contribution in [3.8, 4) is 0 Å². The summed E-state index contributed by atoms with van der Waals surface area (Å²) in [6.45, 7) is 5.88. The summed E-state index contributed by atoms with van der Waals surface area (Å²) in [6, 6.07) is 0. The van der Waals surface area contributed by atoms with Crippen molar-refractivity contribution in [1.29, 1.82) is 0 Å². The van der Waals surface area contributed by atoms with Gasteiger partial charge in [0.25, 0.3) is 0 Å². The van der Waals surface area contributed by atoms with Crippen molar-refractivity contribution in [2.24, 2.45) is 11.8 Å². The Labute approximate surface area is 111 Å². The first-order valence-corrected chi connectivity index (χ1v) is 7.30. The minimum atomic E-state index is -0.850. The van der Waals surface area contributed by atoms with Gasteiger partial charge in [-0.3, -0.25) is 0 Å². The molecule has 1 saturated carbocycles. The van der Waals surface area contributed by atoms with Crippen LogP contribution in [0.4, 0.5) is 0 Å². The van der Waals surface area contributed by atoms with Crippen LogP contribution in [0.5, 0.6) is 0 Å². The Morgan fingerprint density at radius 3 is 2.83 bits per heavy atom. The van der Waals surface area contributed by atoms with Crippen LogP contribution in [-0.4, -0.2) is 22.6 Å². The highest BCUT2D eigenvalue weighted by Gasteiger charge is 2.21. The van der Waals surface area contributed by atoms with Gasteiger partial charge in [0.05, 0.1) is 5.69 Å². The molecule has 0 atom stereocenters. The van der Waals surface area contributed by atoms with Crippen LogP contribution in [0.2, 0.25) is 0 Å². The van der Waals surface area contributed by atoms with Crippen molar-refractivity contribution in [3.05, 3.63) is 15.6 Å². The lowest BCUT2D eigenvalue weighted by Gasteiger charge is -2.01. The third-order valence-electron chi connectivity index (χ3n) is 2.94. The highest BCUT2D eigenvalue weighted by Crippen LogP contribution is 2.28. The number of carboxylic acid groups (broad SMARTS) is 1. The molecule has 4 nitrogen and oxygen atoms in total. The van der Waals surface area contributed by atoms with Gasteiger partial charge in [-0.05, 0) is 37.6 Å². The molecule has 18 heavy (non-hydrogen) atoms. The molecule has 1 aliphatic carbocycles. The fourth-order valence-corrected chi connectivity index (χ4v) is 2.77. The molecule has 1 aliphatic rings. The van der Waals surface area contributed by atoms with Crippen LogP contribution in [-0.2, 0) is 13.0 Å². The Hall–Kier alpha value is -0.940. The summed E-state index contributed by atoms with van der Waals surface area (Å²) in [6.07, 6.45) is 3.38. The van der Waals surface area contributed by atoms with Gasteiger partial charge in [-0.1, -0.05) is 13.8 Å². The number of aromatic carboxylic acids is 1. The Morgan fingerprint density at radius 2 is 2.28 bits per heavy atom. The number of carboxylic acids is 1. The normalized spacial score (nSPS) is 15.3. The molecular weight excluding hydrogens is 248 g/mol. The molecule has 0 spiro atoms. The number of rotatable bonds is 7. The smallest absolute Gasteiger partial charge is 0.347 e. The van der Waals surface area contributed by atoms with E-state index in [2.05, 4.69) is 24.1 Å². The van der Waals surface area contributed by atoms with Gasteiger partial charge in [0.1, 0.15) is 9.88 Å². The van der Waals surface area contributed by atoms with Crippen LogP contribution in [0.1, 0.15) is 47.1 Å². The number of hydrogen-bond acceptors (Lipinski definition) is 4. The third-order valence-corrected chi connectivity index (χ3v) is 4.03. The van der Waals surface area contributed by atoms with Crippen molar-refractivity contribution < 1.29 is 9.90 Å². The second kappa shape index (κ2) is 5.80. The van der Waals surface area contributed by atoms with Crippen LogP contribution in [0.25, 0.3) is 0 Å². The van der Waals surface area contributed by atoms with E-state index in [0.717, 1.165) is 29.6 Å². The number of aromatic nitrogens is 1. The lowest BCUT2D eigenvalue weighted by atomic mass is 10.1. The minimum absolute atomic E-state index is 0.409. The molecular formula is C13H20N2O2S. The van der Waals surface area contributed by atoms with Gasteiger partial charge in [0, 0.05) is 6.54 Å². The Balaban J connectivity index is 1.98. The van der Waals surface area contributed by atoms with Crippen molar-refractivity contribution in [3.63, 3.8) is 0 Å². The van der Waals surface area contributed by atoms with Gasteiger partial charge in [0.2, 0.25) is 0 Å². The Bertz CT molecular complexity index is 425. The average Bonchev–Trinajstić information content (AvgIpc) is 2.99. The van der Waals surface area contributed by atoms with Crippen molar-refractivity contribution in [2.45, 2.75) is 39.7 Å². The molecule has 0 aromatic carbocycles. The van der Waals surface area contributed by atoms with E-state index in [1.807, 2.05) is 0 Å². The van der Waals surface area contributed by atoms with Gasteiger partial charge in [-0.15, -0.1) is 11.3 Å². The Kier molecular flexibility index (Phi) is 4.35. The molecule has 100 valence electrons. The first kappa shape index (κ1) is 13.5. The van der Waals surface area contributed by atoms with E-state index >= 15 is 0 Å². The van der Waals surface area contributed by atoms with Crippen molar-refractivity contribution in [1.82, 2.24) is 10.3 Å². The van der Waals surface area contributed by atoms with E-state index in [-0.39, 0.29) is 0 Å². The topological polar surface area (TPSA) is 62.2 Å². The molecule has 1 heterocycles.